The summed E-state index contributed by atoms with van der Waals surface area (Å²) >= 11 is 0. The van der Waals surface area contributed by atoms with Gasteiger partial charge in [-0.1, -0.05) is 6.92 Å². The van der Waals surface area contributed by atoms with Gasteiger partial charge in [0.1, 0.15) is 11.6 Å². The highest BCUT2D eigenvalue weighted by molar-refractivity contribution is 5.54. The largest absolute Gasteiger partial charge is 0.396 e. The third-order valence-corrected chi connectivity index (χ3v) is 2.53. The molecule has 0 aromatic carbocycles. The second-order valence-electron chi connectivity index (χ2n) is 4.34. The van der Waals surface area contributed by atoms with Gasteiger partial charge in [0.25, 0.3) is 5.69 Å². The maximum Gasteiger partial charge on any atom is 0.276 e. The summed E-state index contributed by atoms with van der Waals surface area (Å²) in [5.41, 5.74) is -0.00713. The minimum atomic E-state index is -0.444. The van der Waals surface area contributed by atoms with Crippen LogP contribution in [0.4, 0.5) is 17.3 Å². The van der Waals surface area contributed by atoms with Gasteiger partial charge in [0, 0.05) is 19.2 Å². The minimum Gasteiger partial charge on any atom is -0.396 e. The highest BCUT2D eigenvalue weighted by atomic mass is 16.6. The average Bonchev–Trinajstić information content (AvgIpc) is 2.36. The SMILES string of the molecule is CCCNc1cc([N+](=O)[O-])cc(NC(C)CCO)n1. The predicted molar refractivity (Wildman–Crippen MR) is 74.5 cm³/mol. The number of rotatable bonds is 8. The fourth-order valence-electron chi connectivity index (χ4n) is 1.56. The van der Waals surface area contributed by atoms with Crippen LogP contribution in [0.15, 0.2) is 12.1 Å². The normalized spacial score (nSPS) is 11.9. The van der Waals surface area contributed by atoms with Gasteiger partial charge in [0.05, 0.1) is 17.1 Å². The zero-order valence-corrected chi connectivity index (χ0v) is 11.2. The molecule has 0 aliphatic rings. The number of nitrogens with zero attached hydrogens (tertiary/aromatic N) is 2. The van der Waals surface area contributed by atoms with E-state index in [1.165, 1.54) is 12.1 Å². The van der Waals surface area contributed by atoms with Crippen LogP contribution in [0.1, 0.15) is 26.7 Å². The third kappa shape index (κ3) is 5.09. The lowest BCUT2D eigenvalue weighted by atomic mass is 10.2. The Morgan fingerprint density at radius 1 is 1.47 bits per heavy atom. The van der Waals surface area contributed by atoms with E-state index in [1.807, 2.05) is 13.8 Å². The van der Waals surface area contributed by atoms with E-state index < -0.39 is 4.92 Å². The first-order chi connectivity index (χ1) is 9.06. The lowest BCUT2D eigenvalue weighted by Crippen LogP contribution is -2.18. The van der Waals surface area contributed by atoms with Crippen LogP contribution in [0.25, 0.3) is 0 Å². The van der Waals surface area contributed by atoms with Crippen LogP contribution >= 0.6 is 0 Å². The van der Waals surface area contributed by atoms with Crippen LogP contribution in [0.2, 0.25) is 0 Å². The molecule has 106 valence electrons. The number of aliphatic hydroxyl groups excluding tert-OH is 1. The summed E-state index contributed by atoms with van der Waals surface area (Å²) in [5.74, 6) is 0.920. The summed E-state index contributed by atoms with van der Waals surface area (Å²) < 4.78 is 0. The summed E-state index contributed by atoms with van der Waals surface area (Å²) in [6.45, 7) is 4.66. The van der Waals surface area contributed by atoms with Crippen molar-refractivity contribution < 1.29 is 10.0 Å². The number of aliphatic hydroxyl groups is 1. The summed E-state index contributed by atoms with van der Waals surface area (Å²) in [6.07, 6.45) is 1.47. The first kappa shape index (κ1) is 15.2. The van der Waals surface area contributed by atoms with Crippen molar-refractivity contribution >= 4 is 17.3 Å². The number of pyridine rings is 1. The van der Waals surface area contributed by atoms with E-state index in [4.69, 9.17) is 5.11 Å². The molecule has 0 saturated heterocycles. The molecule has 7 heteroatoms. The van der Waals surface area contributed by atoms with Crippen LogP contribution in [-0.2, 0) is 0 Å². The Hall–Kier alpha value is -1.89. The predicted octanol–water partition coefficient (Wildman–Crippen LogP) is 1.99. The Labute approximate surface area is 112 Å². The minimum absolute atomic E-state index is 0.00136. The van der Waals surface area contributed by atoms with Gasteiger partial charge in [0.15, 0.2) is 0 Å². The molecule has 1 atom stereocenters. The lowest BCUT2D eigenvalue weighted by Gasteiger charge is -2.14. The van der Waals surface area contributed by atoms with Gasteiger partial charge in [-0.05, 0) is 19.8 Å². The standard InChI is InChI=1S/C12H20N4O3/c1-3-5-13-11-7-10(16(18)19)8-12(15-11)14-9(2)4-6-17/h7-9,17H,3-6H2,1-2H3,(H2,13,14,15). The first-order valence-electron chi connectivity index (χ1n) is 6.34. The quantitative estimate of drug-likeness (QED) is 0.492. The molecular weight excluding hydrogens is 248 g/mol. The van der Waals surface area contributed by atoms with Crippen molar-refractivity contribution in [2.75, 3.05) is 23.8 Å². The van der Waals surface area contributed by atoms with Crippen LogP contribution in [0, 0.1) is 10.1 Å². The van der Waals surface area contributed by atoms with Crippen molar-refractivity contribution in [2.24, 2.45) is 0 Å². The zero-order chi connectivity index (χ0) is 14.3. The van der Waals surface area contributed by atoms with E-state index in [-0.39, 0.29) is 18.3 Å². The number of anilines is 2. The molecule has 1 heterocycles. The maximum atomic E-state index is 10.9. The van der Waals surface area contributed by atoms with Gasteiger partial charge in [0.2, 0.25) is 0 Å². The summed E-state index contributed by atoms with van der Waals surface area (Å²) in [6, 6.07) is 2.81. The van der Waals surface area contributed by atoms with Crippen molar-refractivity contribution in [3.63, 3.8) is 0 Å². The fraction of sp³-hybridized carbons (Fsp3) is 0.583. The van der Waals surface area contributed by atoms with Crippen molar-refractivity contribution in [3.05, 3.63) is 22.2 Å². The van der Waals surface area contributed by atoms with Crippen LogP contribution in [0.5, 0.6) is 0 Å². The Kier molecular flexibility index (Phi) is 6.01. The number of hydrogen-bond acceptors (Lipinski definition) is 6. The Morgan fingerprint density at radius 3 is 2.74 bits per heavy atom. The van der Waals surface area contributed by atoms with Crippen molar-refractivity contribution in [2.45, 2.75) is 32.7 Å². The molecule has 0 spiro atoms. The molecule has 0 fully saturated rings. The Balaban J connectivity index is 2.89. The molecule has 0 amide bonds. The van der Waals surface area contributed by atoms with Crippen LogP contribution in [-0.4, -0.2) is 34.2 Å². The average molecular weight is 268 g/mol. The number of nitrogens with one attached hydrogen (secondary N) is 2. The molecule has 0 saturated carbocycles. The van der Waals surface area contributed by atoms with Gasteiger partial charge < -0.3 is 15.7 Å². The molecule has 0 bridgehead atoms. The molecule has 7 nitrogen and oxygen atoms in total. The topological polar surface area (TPSA) is 100 Å². The number of aromatic nitrogens is 1. The van der Waals surface area contributed by atoms with Gasteiger partial charge in [-0.15, -0.1) is 0 Å². The molecular formula is C12H20N4O3. The zero-order valence-electron chi connectivity index (χ0n) is 11.2. The second-order valence-corrected chi connectivity index (χ2v) is 4.34. The first-order valence-corrected chi connectivity index (χ1v) is 6.34. The monoisotopic (exact) mass is 268 g/mol. The molecule has 0 radical (unpaired) electrons. The highest BCUT2D eigenvalue weighted by Crippen LogP contribution is 2.21. The molecule has 19 heavy (non-hydrogen) atoms. The van der Waals surface area contributed by atoms with E-state index in [2.05, 4.69) is 15.6 Å². The maximum absolute atomic E-state index is 10.9. The van der Waals surface area contributed by atoms with E-state index in [1.54, 1.807) is 0 Å². The van der Waals surface area contributed by atoms with Crippen LogP contribution in [0.3, 0.4) is 0 Å². The molecule has 1 unspecified atom stereocenters. The van der Waals surface area contributed by atoms with E-state index in [0.717, 1.165) is 6.42 Å². The molecule has 1 aromatic rings. The Bertz CT molecular complexity index is 425. The second kappa shape index (κ2) is 7.52. The highest BCUT2D eigenvalue weighted by Gasteiger charge is 2.12. The Morgan fingerprint density at radius 2 is 2.16 bits per heavy atom. The van der Waals surface area contributed by atoms with Crippen LogP contribution < -0.4 is 10.6 Å². The number of nitro groups is 1. The van der Waals surface area contributed by atoms with Crippen molar-refractivity contribution in [1.29, 1.82) is 0 Å². The van der Waals surface area contributed by atoms with E-state index in [9.17, 15) is 10.1 Å². The molecule has 3 N–H and O–H groups in total. The summed E-state index contributed by atoms with van der Waals surface area (Å²) in [5, 5.41) is 25.8. The van der Waals surface area contributed by atoms with E-state index >= 15 is 0 Å². The third-order valence-electron chi connectivity index (χ3n) is 2.53. The van der Waals surface area contributed by atoms with Crippen molar-refractivity contribution in [1.82, 2.24) is 4.98 Å². The van der Waals surface area contributed by atoms with Crippen molar-refractivity contribution in [3.8, 4) is 0 Å². The van der Waals surface area contributed by atoms with Gasteiger partial charge in [-0.25, -0.2) is 4.98 Å². The lowest BCUT2D eigenvalue weighted by molar-refractivity contribution is -0.384. The fourth-order valence-corrected chi connectivity index (χ4v) is 1.56. The van der Waals surface area contributed by atoms with E-state index in [0.29, 0.717) is 24.6 Å². The number of hydrogen-bond donors (Lipinski definition) is 3. The van der Waals surface area contributed by atoms with Gasteiger partial charge in [-0.2, -0.15) is 0 Å². The summed E-state index contributed by atoms with van der Waals surface area (Å²) in [7, 11) is 0. The van der Waals surface area contributed by atoms with Gasteiger partial charge >= 0.3 is 0 Å². The molecule has 0 aliphatic heterocycles. The molecule has 1 aromatic heterocycles. The molecule has 1 rings (SSSR count). The summed E-state index contributed by atoms with van der Waals surface area (Å²) in [4.78, 5) is 14.7. The van der Waals surface area contributed by atoms with Gasteiger partial charge in [-0.3, -0.25) is 10.1 Å². The molecule has 0 aliphatic carbocycles. The smallest absolute Gasteiger partial charge is 0.276 e.